The van der Waals surface area contributed by atoms with Gasteiger partial charge in [0.05, 0.1) is 28.9 Å². The predicted octanol–water partition coefficient (Wildman–Crippen LogP) is 6.93. The van der Waals surface area contributed by atoms with E-state index in [9.17, 15) is 4.79 Å². The molecule has 188 valence electrons. The molecule has 0 aliphatic carbocycles. The number of hydrogen-bond donors (Lipinski definition) is 2. The molecule has 0 radical (unpaired) electrons. The molecule has 36 heavy (non-hydrogen) atoms. The van der Waals surface area contributed by atoms with Crippen molar-refractivity contribution in [1.82, 2.24) is 14.9 Å². The van der Waals surface area contributed by atoms with E-state index >= 15 is 0 Å². The van der Waals surface area contributed by atoms with Gasteiger partial charge in [0.1, 0.15) is 12.0 Å². The topological polar surface area (TPSA) is 79.4 Å². The average Bonchev–Trinajstić information content (AvgIpc) is 2.89. The number of halogens is 1. The van der Waals surface area contributed by atoms with Crippen molar-refractivity contribution in [3.05, 3.63) is 77.3 Å². The van der Waals surface area contributed by atoms with Crippen molar-refractivity contribution in [2.24, 2.45) is 0 Å². The molecule has 4 rings (SSSR count). The SMILES string of the molecule is CCCN(C)C.COc1ccc(Cl)c(Nc2nc3ccccc3nc2NSc2cccc(C=O)c2)c1. The Balaban J connectivity index is 0.000000538. The van der Waals surface area contributed by atoms with Crippen molar-refractivity contribution >= 4 is 58.2 Å². The van der Waals surface area contributed by atoms with Gasteiger partial charge in [-0.25, -0.2) is 9.97 Å². The van der Waals surface area contributed by atoms with Crippen molar-refractivity contribution in [2.75, 3.05) is 37.8 Å². The quantitative estimate of drug-likeness (QED) is 0.181. The van der Waals surface area contributed by atoms with Crippen molar-refractivity contribution in [2.45, 2.75) is 18.2 Å². The first kappa shape index (κ1) is 27.3. The summed E-state index contributed by atoms with van der Waals surface area (Å²) in [4.78, 5) is 23.5. The number of carbonyl (C=O) groups is 1. The maximum Gasteiger partial charge on any atom is 0.180 e. The van der Waals surface area contributed by atoms with E-state index < -0.39 is 0 Å². The summed E-state index contributed by atoms with van der Waals surface area (Å²) in [7, 11) is 5.77. The van der Waals surface area contributed by atoms with Crippen LogP contribution in [0.15, 0.2) is 71.6 Å². The van der Waals surface area contributed by atoms with Crippen LogP contribution < -0.4 is 14.8 Å². The van der Waals surface area contributed by atoms with Crippen LogP contribution in [0.3, 0.4) is 0 Å². The fourth-order valence-corrected chi connectivity index (χ4v) is 4.08. The largest absolute Gasteiger partial charge is 0.497 e. The molecule has 0 aliphatic heterocycles. The number of nitrogens with one attached hydrogen (secondary N) is 2. The fourth-order valence-electron chi connectivity index (χ4n) is 3.22. The Labute approximate surface area is 221 Å². The molecular weight excluding hydrogens is 494 g/mol. The van der Waals surface area contributed by atoms with Crippen molar-refractivity contribution in [1.29, 1.82) is 0 Å². The molecule has 1 aromatic heterocycles. The number of rotatable bonds is 9. The lowest BCUT2D eigenvalue weighted by molar-refractivity contribution is 0.112. The number of methoxy groups -OCH3 is 1. The van der Waals surface area contributed by atoms with Gasteiger partial charge in [-0.05, 0) is 75.4 Å². The molecule has 3 aromatic carbocycles. The Hall–Kier alpha value is -3.33. The molecule has 0 bridgehead atoms. The molecule has 0 saturated heterocycles. The second kappa shape index (κ2) is 13.7. The van der Waals surface area contributed by atoms with E-state index in [1.54, 1.807) is 37.4 Å². The highest BCUT2D eigenvalue weighted by molar-refractivity contribution is 8.00. The summed E-state index contributed by atoms with van der Waals surface area (Å²) in [5.41, 5.74) is 2.76. The maximum atomic E-state index is 11.0. The monoisotopic (exact) mass is 523 g/mol. The molecule has 1 heterocycles. The second-order valence-electron chi connectivity index (χ2n) is 8.08. The Bertz CT molecular complexity index is 1300. The molecule has 0 atom stereocenters. The molecule has 9 heteroatoms. The van der Waals surface area contributed by atoms with E-state index in [0.717, 1.165) is 22.2 Å². The van der Waals surface area contributed by atoms with Gasteiger partial charge in [0.15, 0.2) is 11.6 Å². The standard InChI is InChI=1S/C22H17ClN4O2S.C5H13N/c1-29-15-9-10-17(23)20(12-15)26-21-22(25-19-8-3-2-7-18(19)24-21)27-30-16-6-4-5-14(11-16)13-28;1-4-5-6(2)3/h2-13H,1H3,(H,24,26)(H,25,27);4-5H2,1-3H3. The lowest BCUT2D eigenvalue weighted by Gasteiger charge is -2.14. The van der Waals surface area contributed by atoms with E-state index in [2.05, 4.69) is 36.0 Å². The molecule has 2 N–H and O–H groups in total. The molecule has 0 amide bonds. The number of nitrogens with zero attached hydrogens (tertiary/aromatic N) is 3. The van der Waals surface area contributed by atoms with Crippen molar-refractivity contribution < 1.29 is 9.53 Å². The zero-order chi connectivity index (χ0) is 25.9. The summed E-state index contributed by atoms with van der Waals surface area (Å²) in [6.07, 6.45) is 2.07. The van der Waals surface area contributed by atoms with Crippen molar-refractivity contribution in [3.63, 3.8) is 0 Å². The number of carbonyl (C=O) groups excluding carboxylic acids is 1. The highest BCUT2D eigenvalue weighted by Gasteiger charge is 2.12. The van der Waals surface area contributed by atoms with E-state index in [1.807, 2.05) is 36.4 Å². The van der Waals surface area contributed by atoms with Crippen molar-refractivity contribution in [3.8, 4) is 5.75 Å². The van der Waals surface area contributed by atoms with Crippen LogP contribution in [0.2, 0.25) is 5.02 Å². The molecule has 0 saturated carbocycles. The van der Waals surface area contributed by atoms with E-state index in [1.165, 1.54) is 24.9 Å². The minimum atomic E-state index is 0.517. The van der Waals surface area contributed by atoms with Crippen LogP contribution in [0.5, 0.6) is 5.75 Å². The number of fused-ring (bicyclic) bond motifs is 1. The minimum absolute atomic E-state index is 0.517. The lowest BCUT2D eigenvalue weighted by Crippen LogP contribution is -2.11. The first-order valence-corrected chi connectivity index (χ1v) is 12.6. The minimum Gasteiger partial charge on any atom is -0.497 e. The number of hydrogen-bond acceptors (Lipinski definition) is 8. The van der Waals surface area contributed by atoms with Crippen LogP contribution in [0.1, 0.15) is 23.7 Å². The smallest absolute Gasteiger partial charge is 0.180 e. The molecule has 0 spiro atoms. The van der Waals surface area contributed by atoms with E-state index in [0.29, 0.717) is 33.7 Å². The van der Waals surface area contributed by atoms with Crippen LogP contribution >= 0.6 is 23.5 Å². The number of para-hydroxylation sites is 2. The Morgan fingerprint density at radius 2 is 1.72 bits per heavy atom. The highest BCUT2D eigenvalue weighted by Crippen LogP contribution is 2.33. The number of anilines is 3. The second-order valence-corrected chi connectivity index (χ2v) is 9.36. The van der Waals surface area contributed by atoms with Crippen LogP contribution in [0.4, 0.5) is 17.3 Å². The first-order valence-electron chi connectivity index (χ1n) is 11.4. The van der Waals surface area contributed by atoms with Crippen LogP contribution in [-0.2, 0) is 0 Å². The molecule has 4 aromatic rings. The molecular formula is C27H30ClN5O2S. The van der Waals surface area contributed by atoms with E-state index in [4.69, 9.17) is 26.3 Å². The summed E-state index contributed by atoms with van der Waals surface area (Å²) >= 11 is 7.69. The summed E-state index contributed by atoms with van der Waals surface area (Å²) in [6.45, 7) is 3.39. The lowest BCUT2D eigenvalue weighted by atomic mass is 10.2. The van der Waals surface area contributed by atoms with Gasteiger partial charge in [0.25, 0.3) is 0 Å². The van der Waals surface area contributed by atoms with Crippen LogP contribution in [-0.4, -0.2) is 48.9 Å². The van der Waals surface area contributed by atoms with Gasteiger partial charge in [0, 0.05) is 16.5 Å². The van der Waals surface area contributed by atoms with E-state index in [-0.39, 0.29) is 0 Å². The Morgan fingerprint density at radius 3 is 2.33 bits per heavy atom. The normalized spacial score (nSPS) is 10.5. The third-order valence-electron chi connectivity index (χ3n) is 4.93. The van der Waals surface area contributed by atoms with Gasteiger partial charge in [-0.15, -0.1) is 0 Å². The summed E-state index contributed by atoms with van der Waals surface area (Å²) in [6, 6.07) is 20.2. The van der Waals surface area contributed by atoms with Crippen LogP contribution in [0.25, 0.3) is 11.0 Å². The number of aldehydes is 1. The van der Waals surface area contributed by atoms with Gasteiger partial charge in [-0.1, -0.05) is 42.8 Å². The summed E-state index contributed by atoms with van der Waals surface area (Å²) in [5.74, 6) is 1.72. The third-order valence-corrected chi connectivity index (χ3v) is 6.04. The maximum absolute atomic E-state index is 11.0. The zero-order valence-corrected chi connectivity index (χ0v) is 22.4. The Morgan fingerprint density at radius 1 is 1.00 bits per heavy atom. The fraction of sp³-hybridized carbons (Fsp3) is 0.222. The molecule has 0 unspecified atom stereocenters. The number of ether oxygens (including phenoxy) is 1. The average molecular weight is 524 g/mol. The summed E-state index contributed by atoms with van der Waals surface area (Å²) < 4.78 is 8.52. The van der Waals surface area contributed by atoms with Gasteiger partial charge in [0.2, 0.25) is 0 Å². The van der Waals surface area contributed by atoms with Gasteiger partial charge in [-0.3, -0.25) is 4.79 Å². The van der Waals surface area contributed by atoms with Gasteiger partial charge < -0.3 is 19.7 Å². The predicted molar refractivity (Wildman–Crippen MR) is 151 cm³/mol. The van der Waals surface area contributed by atoms with Gasteiger partial charge >= 0.3 is 0 Å². The Kier molecular flexibility index (Phi) is 10.4. The molecule has 7 nitrogen and oxygen atoms in total. The summed E-state index contributed by atoms with van der Waals surface area (Å²) in [5, 5.41) is 3.78. The first-order chi connectivity index (χ1) is 17.4. The van der Waals surface area contributed by atoms with Crippen LogP contribution in [0, 0.1) is 0 Å². The number of benzene rings is 3. The third kappa shape index (κ3) is 7.84. The highest BCUT2D eigenvalue weighted by atomic mass is 35.5. The van der Waals surface area contributed by atoms with Gasteiger partial charge in [-0.2, -0.15) is 0 Å². The zero-order valence-electron chi connectivity index (χ0n) is 20.8. The number of aromatic nitrogens is 2. The molecule has 0 fully saturated rings. The molecule has 0 aliphatic rings.